The van der Waals surface area contributed by atoms with Crippen molar-refractivity contribution in [2.75, 3.05) is 38.2 Å². The number of esters is 1. The number of amides is 9. The highest BCUT2D eigenvalue weighted by atomic mass is 32.2. The highest BCUT2D eigenvalue weighted by molar-refractivity contribution is 7.98. The van der Waals surface area contributed by atoms with E-state index >= 15 is 14.0 Å². The van der Waals surface area contributed by atoms with Crippen molar-refractivity contribution in [2.24, 2.45) is 0 Å². The summed E-state index contributed by atoms with van der Waals surface area (Å²) < 4.78 is 40.8. The molecule has 9 amide bonds. The molecule has 4 aromatic carbocycles. The molecule has 0 radical (unpaired) electrons. The summed E-state index contributed by atoms with van der Waals surface area (Å²) in [7, 11) is 1.49. The molecule has 27 nitrogen and oxygen atoms in total. The number of fused-ring (bicyclic) bond motifs is 5. The van der Waals surface area contributed by atoms with Crippen molar-refractivity contribution in [2.45, 2.75) is 144 Å². The van der Waals surface area contributed by atoms with Crippen molar-refractivity contribution in [3.63, 3.8) is 0 Å². The highest BCUT2D eigenvalue weighted by Crippen LogP contribution is 2.31. The van der Waals surface area contributed by atoms with E-state index in [4.69, 9.17) is 9.47 Å². The number of benzene rings is 4. The molecular weight excluding hydrogens is 1360 g/mol. The first-order chi connectivity index (χ1) is 49.0. The van der Waals surface area contributed by atoms with E-state index in [9.17, 15) is 52.6 Å². The number of thioether (sulfide) groups is 2. The van der Waals surface area contributed by atoms with Crippen LogP contribution in [0.1, 0.15) is 98.7 Å². The van der Waals surface area contributed by atoms with Gasteiger partial charge in [-0.25, -0.2) is 13.8 Å². The van der Waals surface area contributed by atoms with Gasteiger partial charge in [-0.1, -0.05) is 42.8 Å². The molecule has 2 aliphatic rings. The third-order valence-electron chi connectivity index (χ3n) is 17.6. The van der Waals surface area contributed by atoms with Crippen LogP contribution in [0.3, 0.4) is 0 Å². The number of imidazole rings is 1. The van der Waals surface area contributed by atoms with Crippen molar-refractivity contribution in [1.82, 2.24) is 67.4 Å². The lowest BCUT2D eigenvalue weighted by molar-refractivity contribution is -0.148. The monoisotopic (exact) mass is 1440 g/mol. The van der Waals surface area contributed by atoms with Crippen molar-refractivity contribution in [1.29, 1.82) is 0 Å². The van der Waals surface area contributed by atoms with E-state index in [-0.39, 0.29) is 75.6 Å². The number of aromatic amines is 3. The first-order valence-electron chi connectivity index (χ1n) is 33.4. The number of hydrogen-bond acceptors (Lipinski definition) is 16. The van der Waals surface area contributed by atoms with Crippen LogP contribution in [0.2, 0.25) is 0 Å². The number of aliphatic carboxylic acids is 1. The van der Waals surface area contributed by atoms with E-state index in [0.717, 1.165) is 11.1 Å². The normalized spacial score (nSPS) is 21.8. The quantitative estimate of drug-likeness (QED) is 0.0465. The molecule has 2 aliphatic heterocycles. The number of ether oxygens (including phenoxy) is 2. The van der Waals surface area contributed by atoms with Gasteiger partial charge >= 0.3 is 11.9 Å². The highest BCUT2D eigenvalue weighted by Gasteiger charge is 2.47. The van der Waals surface area contributed by atoms with Gasteiger partial charge in [0.05, 0.1) is 38.3 Å². The Morgan fingerprint density at radius 3 is 1.91 bits per heavy atom. The summed E-state index contributed by atoms with van der Waals surface area (Å²) in [6.45, 7) is 2.25. The Labute approximate surface area is 594 Å². The summed E-state index contributed by atoms with van der Waals surface area (Å²) in [6.07, 6.45) is 4.82. The van der Waals surface area contributed by atoms with Crippen LogP contribution in [0.4, 0.5) is 8.78 Å². The Bertz CT molecular complexity index is 4160. The van der Waals surface area contributed by atoms with Gasteiger partial charge in [0.15, 0.2) is 0 Å². The number of methoxy groups -OCH3 is 1. The molecule has 0 aliphatic carbocycles. The molecule has 1 saturated heterocycles. The van der Waals surface area contributed by atoms with Crippen LogP contribution in [-0.2, 0) is 94.9 Å². The topological polar surface area (TPSA) is 386 Å². The first-order valence-corrected chi connectivity index (χ1v) is 35.7. The van der Waals surface area contributed by atoms with Crippen LogP contribution in [0.5, 0.6) is 5.75 Å². The average Bonchev–Trinajstić information content (AvgIpc) is 1.60. The maximum atomic E-state index is 15.2. The van der Waals surface area contributed by atoms with Crippen LogP contribution in [0.15, 0.2) is 110 Å². The number of nitrogens with one attached hydrogen (secondary N) is 11. The molecule has 31 heteroatoms. The van der Waals surface area contributed by atoms with Crippen LogP contribution in [0, 0.1) is 11.6 Å². The first kappa shape index (κ1) is 75.9. The van der Waals surface area contributed by atoms with E-state index < -0.39 is 138 Å². The van der Waals surface area contributed by atoms with Gasteiger partial charge in [-0.05, 0) is 116 Å². The zero-order chi connectivity index (χ0) is 72.9. The van der Waals surface area contributed by atoms with E-state index in [1.807, 2.05) is 24.3 Å². The summed E-state index contributed by atoms with van der Waals surface area (Å²) in [5.74, 6) is -8.19. The second-order valence-corrected chi connectivity index (χ2v) is 27.4. The molecule has 2 bridgehead atoms. The van der Waals surface area contributed by atoms with E-state index in [0.29, 0.717) is 74.8 Å². The Morgan fingerprint density at radius 1 is 0.667 bits per heavy atom. The van der Waals surface area contributed by atoms with Gasteiger partial charge in [-0.3, -0.25) is 52.7 Å². The number of carboxylic acid groups (broad SMARTS) is 1. The van der Waals surface area contributed by atoms with Gasteiger partial charge in [0.2, 0.25) is 53.2 Å². The minimum absolute atomic E-state index is 0.00608. The van der Waals surface area contributed by atoms with Crippen molar-refractivity contribution in [3.8, 4) is 5.75 Å². The Balaban J connectivity index is 1.03. The maximum Gasteiger partial charge on any atom is 0.308 e. The van der Waals surface area contributed by atoms with Gasteiger partial charge in [0, 0.05) is 102 Å². The largest absolute Gasteiger partial charge is 0.497 e. The molecule has 5 heterocycles. The molecule has 12 N–H and O–H groups in total. The Hall–Kier alpha value is -10.3. The van der Waals surface area contributed by atoms with Gasteiger partial charge in [0.1, 0.15) is 65.8 Å². The minimum Gasteiger partial charge on any atom is -0.497 e. The lowest BCUT2D eigenvalue weighted by Crippen LogP contribution is -2.61. The average molecular weight is 1440 g/mol. The van der Waals surface area contributed by atoms with E-state index in [1.165, 1.54) is 92.0 Å². The lowest BCUT2D eigenvalue weighted by atomic mass is 9.96. The third kappa shape index (κ3) is 21.4. The molecule has 0 saturated carbocycles. The maximum absolute atomic E-state index is 15.2. The van der Waals surface area contributed by atoms with Crippen LogP contribution >= 0.6 is 23.5 Å². The van der Waals surface area contributed by atoms with Crippen LogP contribution in [-0.4, -0.2) is 175 Å². The van der Waals surface area contributed by atoms with Gasteiger partial charge in [-0.15, -0.1) is 0 Å². The van der Waals surface area contributed by atoms with Gasteiger partial charge in [0.25, 0.3) is 0 Å². The predicted octanol–water partition coefficient (Wildman–Crippen LogP) is 4.58. The Kier molecular flexibility index (Phi) is 27.0. The number of nitrogens with zero attached hydrogens (tertiary/aromatic N) is 2. The molecule has 3 aromatic heterocycles. The van der Waals surface area contributed by atoms with Gasteiger partial charge in [-0.2, -0.15) is 23.5 Å². The summed E-state index contributed by atoms with van der Waals surface area (Å²) in [5, 5.41) is 31.4. The molecule has 1 fully saturated rings. The fourth-order valence-corrected chi connectivity index (χ4v) is 13.8. The number of hydrogen-bond donors (Lipinski definition) is 12. The second-order valence-electron chi connectivity index (χ2n) is 25.2. The standard InChI is InChI=1S/C71H83F2N13O14S2/c1-41-64(92)83-56(28-45-33-76-53-18-14-47(72)30-51(45)53)67(95)84-57(29-46-34-77-54-19-15-48(73)31-52(46)54)68(96)85-58(32-63(91)100-37-49-35-74-40-79-49)65(93)78-36-61(88)82-59(27-42-12-16-50(99-3)17-13-42)69(97)86-23-7-21-71(86,2)70(98)75-22-25-102-39-44-9-6-8-43(26-44)38-101-24-20-60(87)81-55(66(94)80-41)10-4-5-11-62(89)90/h6,8-9,12-19,26,30-31,33-35,40-41,55-59,76-77H,4-5,7,10-11,20-25,27-29,32,36-39H2,1-3H3,(H,74,79)(H,75,98)(H,78,93)(H,80,94)(H,81,87)(H,82,88)(H,83,92)(H,84,95)(H,85,96)(H,89,90)/t41-,55+,56+,57+,58+,59+,71+/m1/s1. The van der Waals surface area contributed by atoms with E-state index in [1.54, 1.807) is 43.0 Å². The number of carbonyl (C=O) groups excluding carboxylic acids is 10. The number of H-pyrrole nitrogens is 3. The number of halogens is 2. The summed E-state index contributed by atoms with van der Waals surface area (Å²) in [6, 6.07) is 13.1. The molecule has 9 rings (SSSR count). The molecule has 7 atom stereocenters. The number of carboxylic acids is 1. The second kappa shape index (κ2) is 36.3. The minimum atomic E-state index is -1.88. The zero-order valence-electron chi connectivity index (χ0n) is 56.5. The van der Waals surface area contributed by atoms with E-state index in [2.05, 4.69) is 62.5 Å². The molecule has 0 unspecified atom stereocenters. The third-order valence-corrected chi connectivity index (χ3v) is 19.7. The van der Waals surface area contributed by atoms with Crippen molar-refractivity contribution >= 4 is 110 Å². The van der Waals surface area contributed by atoms with Gasteiger partial charge < -0.3 is 77.0 Å². The predicted molar refractivity (Wildman–Crippen MR) is 376 cm³/mol. The molecule has 0 spiro atoms. The Morgan fingerprint density at radius 2 is 1.28 bits per heavy atom. The number of carbonyl (C=O) groups is 11. The zero-order valence-corrected chi connectivity index (χ0v) is 58.1. The molecule has 102 heavy (non-hydrogen) atoms. The SMILES string of the molecule is COc1ccc(C[C@@H]2NC(=O)CNC(=O)[C@H](CC(=O)OCc3cnc[nH]3)NC(=O)[C@H](Cc3c[nH]c4ccc(F)cc34)NC(=O)[C@H](Cc3c[nH]c4ccc(F)cc34)NC(=O)[C@@H](C)NC(=O)[C@H](CCCCC(=O)O)NC(=O)CCSCc3cccc(c3)CSCCNC(=O)[C@]3(C)CCCN3C2=O)cc1. The van der Waals surface area contributed by atoms with Crippen LogP contribution < -0.4 is 47.3 Å². The fourth-order valence-electron chi connectivity index (χ4n) is 12.1. The molecule has 7 aromatic rings. The van der Waals surface area contributed by atoms with Crippen LogP contribution in [0.25, 0.3) is 21.8 Å². The molecular formula is C71H83F2N13O14S2. The smallest absolute Gasteiger partial charge is 0.308 e. The number of unbranched alkanes of at least 4 members (excludes halogenated alkanes) is 1. The summed E-state index contributed by atoms with van der Waals surface area (Å²) in [4.78, 5) is 170. The summed E-state index contributed by atoms with van der Waals surface area (Å²) in [5.41, 5.74) is 3.12. The number of rotatable bonds is 16. The lowest BCUT2D eigenvalue weighted by Gasteiger charge is -2.36. The number of aromatic nitrogens is 4. The fraction of sp³-hybridized carbons (Fsp3) is 0.408. The summed E-state index contributed by atoms with van der Waals surface area (Å²) >= 11 is 3.07. The van der Waals surface area contributed by atoms with Crippen molar-refractivity contribution in [3.05, 3.63) is 155 Å². The van der Waals surface area contributed by atoms with Crippen molar-refractivity contribution < 1.29 is 76.1 Å². The molecule has 542 valence electrons.